The lowest BCUT2D eigenvalue weighted by Crippen LogP contribution is -2.34. The molecule has 0 heterocycles. The lowest BCUT2D eigenvalue weighted by Gasteiger charge is -2.11. The molecule has 0 fully saturated rings. The van der Waals surface area contributed by atoms with Gasteiger partial charge in [0.2, 0.25) is 0 Å². The van der Waals surface area contributed by atoms with Gasteiger partial charge < -0.3 is 25.0 Å². The first-order valence-corrected chi connectivity index (χ1v) is 5.40. The number of carbonyl (C=O) groups excluding carboxylic acids is 1. The van der Waals surface area contributed by atoms with Gasteiger partial charge in [0.05, 0.1) is 19.8 Å². The van der Waals surface area contributed by atoms with E-state index < -0.39 is 6.10 Å². The highest BCUT2D eigenvalue weighted by molar-refractivity contribution is 5.94. The Hall–Kier alpha value is -1.79. The first-order valence-electron chi connectivity index (χ1n) is 5.40. The first-order chi connectivity index (χ1) is 8.58. The van der Waals surface area contributed by atoms with Crippen LogP contribution in [0.2, 0.25) is 0 Å². The molecular formula is C12H17NO5. The summed E-state index contributed by atoms with van der Waals surface area (Å²) in [5, 5.41) is 21.4. The largest absolute Gasteiger partial charge is 0.504 e. The lowest BCUT2D eigenvalue weighted by molar-refractivity contribution is 0.0609. The SMILES string of the molecule is COCC(O)CNC(=O)c1ccc(OC)c(O)c1. The van der Waals surface area contributed by atoms with Gasteiger partial charge in [-0.1, -0.05) is 0 Å². The van der Waals surface area contributed by atoms with Crippen LogP contribution in [0.4, 0.5) is 0 Å². The molecule has 1 aromatic carbocycles. The second kappa shape index (κ2) is 6.83. The molecule has 0 aliphatic rings. The van der Waals surface area contributed by atoms with Crippen molar-refractivity contribution < 1.29 is 24.5 Å². The van der Waals surface area contributed by atoms with E-state index >= 15 is 0 Å². The van der Waals surface area contributed by atoms with E-state index in [0.717, 1.165) is 0 Å². The molecule has 1 amide bonds. The number of hydrogen-bond donors (Lipinski definition) is 3. The minimum absolute atomic E-state index is 0.0828. The van der Waals surface area contributed by atoms with Gasteiger partial charge >= 0.3 is 0 Å². The number of nitrogens with one attached hydrogen (secondary N) is 1. The van der Waals surface area contributed by atoms with Gasteiger partial charge in [-0.3, -0.25) is 4.79 Å². The van der Waals surface area contributed by atoms with E-state index in [0.29, 0.717) is 5.75 Å². The number of phenols is 1. The summed E-state index contributed by atoms with van der Waals surface area (Å²) >= 11 is 0. The maximum absolute atomic E-state index is 11.7. The number of rotatable bonds is 6. The molecule has 100 valence electrons. The Morgan fingerprint density at radius 1 is 1.44 bits per heavy atom. The minimum Gasteiger partial charge on any atom is -0.504 e. The van der Waals surface area contributed by atoms with Crippen LogP contribution < -0.4 is 10.1 Å². The predicted molar refractivity (Wildman–Crippen MR) is 64.9 cm³/mol. The van der Waals surface area contributed by atoms with Crippen molar-refractivity contribution >= 4 is 5.91 Å². The molecule has 1 aromatic rings. The van der Waals surface area contributed by atoms with Crippen molar-refractivity contribution in [3.63, 3.8) is 0 Å². The first kappa shape index (κ1) is 14.3. The summed E-state index contributed by atoms with van der Waals surface area (Å²) in [6.07, 6.45) is -0.759. The number of ether oxygens (including phenoxy) is 2. The van der Waals surface area contributed by atoms with Crippen LogP contribution in [-0.4, -0.2) is 49.6 Å². The molecule has 3 N–H and O–H groups in total. The van der Waals surface area contributed by atoms with E-state index in [-0.39, 0.29) is 30.4 Å². The van der Waals surface area contributed by atoms with Gasteiger partial charge in [-0.25, -0.2) is 0 Å². The van der Waals surface area contributed by atoms with Crippen LogP contribution in [-0.2, 0) is 4.74 Å². The van der Waals surface area contributed by atoms with Crippen molar-refractivity contribution in [2.24, 2.45) is 0 Å². The average Bonchev–Trinajstić information content (AvgIpc) is 2.36. The van der Waals surface area contributed by atoms with Crippen LogP contribution in [0.15, 0.2) is 18.2 Å². The van der Waals surface area contributed by atoms with E-state index in [9.17, 15) is 15.0 Å². The molecule has 0 aromatic heterocycles. The highest BCUT2D eigenvalue weighted by atomic mass is 16.5. The molecule has 1 rings (SSSR count). The molecule has 0 radical (unpaired) electrons. The average molecular weight is 255 g/mol. The summed E-state index contributed by atoms with van der Waals surface area (Å²) in [6.45, 7) is 0.230. The third kappa shape index (κ3) is 3.90. The molecule has 6 heteroatoms. The number of benzene rings is 1. The van der Waals surface area contributed by atoms with Crippen molar-refractivity contribution in [2.75, 3.05) is 27.4 Å². The van der Waals surface area contributed by atoms with Crippen LogP contribution >= 0.6 is 0 Å². The fourth-order valence-electron chi connectivity index (χ4n) is 1.40. The number of aliphatic hydroxyl groups excluding tert-OH is 1. The summed E-state index contributed by atoms with van der Waals surface area (Å²) < 4.78 is 9.60. The molecule has 18 heavy (non-hydrogen) atoms. The molecule has 0 aliphatic carbocycles. The van der Waals surface area contributed by atoms with Crippen molar-refractivity contribution in [2.45, 2.75) is 6.10 Å². The van der Waals surface area contributed by atoms with Gasteiger partial charge in [-0.2, -0.15) is 0 Å². The topological polar surface area (TPSA) is 88.0 Å². The van der Waals surface area contributed by atoms with E-state index in [1.165, 1.54) is 32.4 Å². The van der Waals surface area contributed by atoms with Crippen molar-refractivity contribution in [3.8, 4) is 11.5 Å². The van der Waals surface area contributed by atoms with Gasteiger partial charge in [-0.05, 0) is 18.2 Å². The normalized spacial score (nSPS) is 11.9. The van der Waals surface area contributed by atoms with Gasteiger partial charge in [0, 0.05) is 19.2 Å². The Balaban J connectivity index is 2.59. The zero-order chi connectivity index (χ0) is 13.5. The number of hydrogen-bond acceptors (Lipinski definition) is 5. The van der Waals surface area contributed by atoms with Crippen LogP contribution in [0, 0.1) is 0 Å². The van der Waals surface area contributed by atoms with Gasteiger partial charge in [0.1, 0.15) is 0 Å². The van der Waals surface area contributed by atoms with E-state index in [4.69, 9.17) is 9.47 Å². The summed E-state index contributed by atoms with van der Waals surface area (Å²) in [7, 11) is 2.89. The van der Waals surface area contributed by atoms with Crippen LogP contribution in [0.1, 0.15) is 10.4 Å². The fraction of sp³-hybridized carbons (Fsp3) is 0.417. The van der Waals surface area contributed by atoms with Gasteiger partial charge in [-0.15, -0.1) is 0 Å². The standard InChI is InChI=1S/C12H17NO5/c1-17-7-9(14)6-13-12(16)8-3-4-11(18-2)10(15)5-8/h3-5,9,14-15H,6-7H2,1-2H3,(H,13,16). The smallest absolute Gasteiger partial charge is 0.251 e. The Morgan fingerprint density at radius 3 is 2.72 bits per heavy atom. The molecule has 0 saturated carbocycles. The summed E-state index contributed by atoms with van der Waals surface area (Å²) in [6, 6.07) is 4.32. The molecule has 0 aliphatic heterocycles. The maximum atomic E-state index is 11.7. The third-order valence-electron chi connectivity index (χ3n) is 2.30. The second-order valence-electron chi connectivity index (χ2n) is 3.71. The number of aromatic hydroxyl groups is 1. The number of amides is 1. The van der Waals surface area contributed by atoms with Crippen molar-refractivity contribution in [3.05, 3.63) is 23.8 Å². The van der Waals surface area contributed by atoms with E-state index in [1.54, 1.807) is 0 Å². The van der Waals surface area contributed by atoms with Crippen molar-refractivity contribution in [1.29, 1.82) is 0 Å². The lowest BCUT2D eigenvalue weighted by atomic mass is 10.2. The number of carbonyl (C=O) groups is 1. The highest BCUT2D eigenvalue weighted by Crippen LogP contribution is 2.25. The Bertz CT molecular complexity index is 407. The molecule has 0 bridgehead atoms. The molecule has 1 atom stereocenters. The quantitative estimate of drug-likeness (QED) is 0.673. The van der Waals surface area contributed by atoms with Gasteiger partial charge in [0.25, 0.3) is 5.91 Å². The monoisotopic (exact) mass is 255 g/mol. The van der Waals surface area contributed by atoms with Crippen LogP contribution in [0.5, 0.6) is 11.5 Å². The predicted octanol–water partition coefficient (Wildman–Crippen LogP) is 0.138. The summed E-state index contributed by atoms with van der Waals surface area (Å²) in [5.41, 5.74) is 0.290. The van der Waals surface area contributed by atoms with Gasteiger partial charge in [0.15, 0.2) is 11.5 Å². The maximum Gasteiger partial charge on any atom is 0.251 e. The number of phenolic OH excluding ortho intramolecular Hbond substituents is 1. The zero-order valence-electron chi connectivity index (χ0n) is 10.3. The minimum atomic E-state index is -0.759. The fourth-order valence-corrected chi connectivity index (χ4v) is 1.40. The number of methoxy groups -OCH3 is 2. The molecule has 1 unspecified atom stereocenters. The Kier molecular flexibility index (Phi) is 5.41. The molecule has 6 nitrogen and oxygen atoms in total. The number of aliphatic hydroxyl groups is 1. The molecule has 0 spiro atoms. The molecular weight excluding hydrogens is 238 g/mol. The highest BCUT2D eigenvalue weighted by Gasteiger charge is 2.11. The Morgan fingerprint density at radius 2 is 2.17 bits per heavy atom. The molecule has 0 saturated heterocycles. The zero-order valence-corrected chi connectivity index (χ0v) is 10.3. The second-order valence-corrected chi connectivity index (χ2v) is 3.71. The Labute approximate surface area is 105 Å². The third-order valence-corrected chi connectivity index (χ3v) is 2.30. The van der Waals surface area contributed by atoms with E-state index in [1.807, 2.05) is 0 Å². The summed E-state index contributed by atoms with van der Waals surface area (Å²) in [4.78, 5) is 11.7. The van der Waals surface area contributed by atoms with Crippen LogP contribution in [0.25, 0.3) is 0 Å². The van der Waals surface area contributed by atoms with Crippen LogP contribution in [0.3, 0.4) is 0 Å². The summed E-state index contributed by atoms with van der Waals surface area (Å²) in [5.74, 6) is -0.198. The van der Waals surface area contributed by atoms with E-state index in [2.05, 4.69) is 5.32 Å². The van der Waals surface area contributed by atoms with Crippen molar-refractivity contribution in [1.82, 2.24) is 5.32 Å².